The third-order valence-electron chi connectivity index (χ3n) is 2.75. The molecule has 0 atom stereocenters. The summed E-state index contributed by atoms with van der Waals surface area (Å²) >= 11 is 1.24. The van der Waals surface area contributed by atoms with Crippen LogP contribution in [0.4, 0.5) is 8.78 Å². The molecule has 0 radical (unpaired) electrons. The molecular weight excluding hydrogens is 276 g/mol. The lowest BCUT2D eigenvalue weighted by Gasteiger charge is -2.08. The van der Waals surface area contributed by atoms with Gasteiger partial charge >= 0.3 is 0 Å². The molecule has 0 amide bonds. The van der Waals surface area contributed by atoms with E-state index in [1.54, 1.807) is 18.2 Å². The standard InChI is InChI=1S/C16H17F2NS/c1-2-7-19-11-12-8-13(17)10-14(9-12)20-16-6-4-3-5-15(16)18/h3-6,8-10,19H,2,7,11H2,1H3. The summed E-state index contributed by atoms with van der Waals surface area (Å²) in [4.78, 5) is 1.22. The van der Waals surface area contributed by atoms with Crippen LogP contribution in [0.5, 0.6) is 0 Å². The van der Waals surface area contributed by atoms with Crippen molar-refractivity contribution in [3.8, 4) is 0 Å². The summed E-state index contributed by atoms with van der Waals surface area (Å²) in [5.41, 5.74) is 0.872. The second-order valence-electron chi connectivity index (χ2n) is 4.50. The Kier molecular flexibility index (Phi) is 5.56. The molecule has 2 rings (SSSR count). The van der Waals surface area contributed by atoms with Gasteiger partial charge in [-0.3, -0.25) is 0 Å². The van der Waals surface area contributed by atoms with Crippen molar-refractivity contribution >= 4 is 11.8 Å². The Morgan fingerprint density at radius 3 is 2.65 bits per heavy atom. The zero-order chi connectivity index (χ0) is 14.4. The zero-order valence-corrected chi connectivity index (χ0v) is 12.1. The van der Waals surface area contributed by atoms with Crippen LogP contribution in [0.2, 0.25) is 0 Å². The van der Waals surface area contributed by atoms with Gasteiger partial charge in [0.1, 0.15) is 11.6 Å². The molecule has 2 aromatic rings. The van der Waals surface area contributed by atoms with Gasteiger partial charge in [0, 0.05) is 16.3 Å². The van der Waals surface area contributed by atoms with E-state index in [9.17, 15) is 8.78 Å². The highest BCUT2D eigenvalue weighted by Crippen LogP contribution is 2.30. The summed E-state index contributed by atoms with van der Waals surface area (Å²) < 4.78 is 27.2. The summed E-state index contributed by atoms with van der Waals surface area (Å²) in [5.74, 6) is -0.577. The second-order valence-corrected chi connectivity index (χ2v) is 5.62. The van der Waals surface area contributed by atoms with E-state index in [1.165, 1.54) is 30.0 Å². The lowest BCUT2D eigenvalue weighted by molar-refractivity contribution is 0.601. The fraction of sp³-hybridized carbons (Fsp3) is 0.250. The van der Waals surface area contributed by atoms with Gasteiger partial charge in [-0.05, 0) is 48.9 Å². The van der Waals surface area contributed by atoms with Gasteiger partial charge < -0.3 is 5.32 Å². The number of rotatable bonds is 6. The van der Waals surface area contributed by atoms with Gasteiger partial charge in [0.2, 0.25) is 0 Å². The summed E-state index contributed by atoms with van der Waals surface area (Å²) in [7, 11) is 0. The van der Waals surface area contributed by atoms with Crippen LogP contribution < -0.4 is 5.32 Å². The topological polar surface area (TPSA) is 12.0 Å². The minimum atomic E-state index is -0.292. The first-order valence-corrected chi connectivity index (χ1v) is 7.43. The lowest BCUT2D eigenvalue weighted by atomic mass is 10.2. The van der Waals surface area contributed by atoms with Gasteiger partial charge in [-0.25, -0.2) is 8.78 Å². The first-order valence-electron chi connectivity index (χ1n) is 6.61. The van der Waals surface area contributed by atoms with Gasteiger partial charge in [-0.1, -0.05) is 30.8 Å². The van der Waals surface area contributed by atoms with Crippen LogP contribution in [-0.2, 0) is 6.54 Å². The van der Waals surface area contributed by atoms with E-state index < -0.39 is 0 Å². The summed E-state index contributed by atoms with van der Waals surface area (Å²) in [6, 6.07) is 11.3. The molecule has 0 saturated carbocycles. The van der Waals surface area contributed by atoms with Crippen molar-refractivity contribution in [2.24, 2.45) is 0 Å². The van der Waals surface area contributed by atoms with Crippen LogP contribution in [0.3, 0.4) is 0 Å². The van der Waals surface area contributed by atoms with Crippen LogP contribution in [0.1, 0.15) is 18.9 Å². The highest BCUT2D eigenvalue weighted by atomic mass is 32.2. The van der Waals surface area contributed by atoms with E-state index in [0.717, 1.165) is 18.5 Å². The molecule has 0 saturated heterocycles. The molecule has 1 nitrogen and oxygen atoms in total. The minimum absolute atomic E-state index is 0.285. The van der Waals surface area contributed by atoms with Gasteiger partial charge in [0.15, 0.2) is 0 Å². The average molecular weight is 293 g/mol. The molecule has 0 spiro atoms. The van der Waals surface area contributed by atoms with Crippen molar-refractivity contribution in [2.45, 2.75) is 29.7 Å². The number of hydrogen-bond donors (Lipinski definition) is 1. The van der Waals surface area contributed by atoms with Crippen molar-refractivity contribution in [1.29, 1.82) is 0 Å². The Hall–Kier alpha value is -1.39. The van der Waals surface area contributed by atoms with Crippen LogP contribution >= 0.6 is 11.8 Å². The van der Waals surface area contributed by atoms with E-state index in [0.29, 0.717) is 16.3 Å². The van der Waals surface area contributed by atoms with Crippen molar-refractivity contribution in [3.63, 3.8) is 0 Å². The fourth-order valence-corrected chi connectivity index (χ4v) is 2.79. The van der Waals surface area contributed by atoms with Crippen molar-refractivity contribution in [3.05, 3.63) is 59.7 Å². The molecule has 1 N–H and O–H groups in total. The molecule has 0 unspecified atom stereocenters. The van der Waals surface area contributed by atoms with Gasteiger partial charge in [0.05, 0.1) is 0 Å². The quantitative estimate of drug-likeness (QED) is 0.780. The average Bonchev–Trinajstić information content (AvgIpc) is 2.41. The van der Waals surface area contributed by atoms with Crippen molar-refractivity contribution in [2.75, 3.05) is 6.54 Å². The van der Waals surface area contributed by atoms with E-state index in [2.05, 4.69) is 12.2 Å². The number of nitrogens with one attached hydrogen (secondary N) is 1. The molecule has 0 aliphatic carbocycles. The summed E-state index contributed by atoms with van der Waals surface area (Å²) in [5, 5.41) is 3.23. The minimum Gasteiger partial charge on any atom is -0.313 e. The van der Waals surface area contributed by atoms with Crippen LogP contribution in [0, 0.1) is 11.6 Å². The van der Waals surface area contributed by atoms with Gasteiger partial charge in [-0.15, -0.1) is 0 Å². The van der Waals surface area contributed by atoms with E-state index in [1.807, 2.05) is 6.07 Å². The third kappa shape index (κ3) is 4.32. The van der Waals surface area contributed by atoms with Gasteiger partial charge in [0.25, 0.3) is 0 Å². The van der Waals surface area contributed by atoms with Crippen molar-refractivity contribution < 1.29 is 8.78 Å². The summed E-state index contributed by atoms with van der Waals surface area (Å²) in [6.07, 6.45) is 1.03. The van der Waals surface area contributed by atoms with Crippen LogP contribution in [0.15, 0.2) is 52.3 Å². The Labute approximate surface area is 122 Å². The Morgan fingerprint density at radius 1 is 1.10 bits per heavy atom. The lowest BCUT2D eigenvalue weighted by Crippen LogP contribution is -2.13. The largest absolute Gasteiger partial charge is 0.313 e. The van der Waals surface area contributed by atoms with Gasteiger partial charge in [-0.2, -0.15) is 0 Å². The van der Waals surface area contributed by atoms with E-state index >= 15 is 0 Å². The SMILES string of the molecule is CCCNCc1cc(F)cc(Sc2ccccc2F)c1. The maximum atomic E-state index is 13.6. The van der Waals surface area contributed by atoms with Crippen molar-refractivity contribution in [1.82, 2.24) is 5.32 Å². The monoisotopic (exact) mass is 293 g/mol. The molecule has 0 heterocycles. The third-order valence-corrected chi connectivity index (χ3v) is 3.77. The second kappa shape index (κ2) is 7.41. The maximum absolute atomic E-state index is 13.6. The van der Waals surface area contributed by atoms with Crippen LogP contribution in [-0.4, -0.2) is 6.54 Å². The van der Waals surface area contributed by atoms with E-state index in [-0.39, 0.29) is 11.6 Å². The number of hydrogen-bond acceptors (Lipinski definition) is 2. The normalized spacial score (nSPS) is 10.8. The molecule has 2 aromatic carbocycles. The Bertz CT molecular complexity index is 572. The number of halogens is 2. The smallest absolute Gasteiger partial charge is 0.137 e. The molecule has 0 bridgehead atoms. The zero-order valence-electron chi connectivity index (χ0n) is 11.3. The van der Waals surface area contributed by atoms with E-state index in [4.69, 9.17) is 0 Å². The number of benzene rings is 2. The molecular formula is C16H17F2NS. The molecule has 0 aromatic heterocycles. The Morgan fingerprint density at radius 2 is 1.90 bits per heavy atom. The van der Waals surface area contributed by atoms with Crippen LogP contribution in [0.25, 0.3) is 0 Å². The molecule has 106 valence electrons. The Balaban J connectivity index is 2.13. The molecule has 0 aliphatic rings. The highest BCUT2D eigenvalue weighted by molar-refractivity contribution is 7.99. The predicted octanol–water partition coefficient (Wildman–Crippen LogP) is 4.62. The molecule has 0 fully saturated rings. The molecule has 4 heteroatoms. The predicted molar refractivity (Wildman–Crippen MR) is 78.9 cm³/mol. The molecule has 0 aliphatic heterocycles. The highest BCUT2D eigenvalue weighted by Gasteiger charge is 2.06. The fourth-order valence-electron chi connectivity index (χ4n) is 1.85. The molecule has 20 heavy (non-hydrogen) atoms. The first-order chi connectivity index (χ1) is 9.69. The maximum Gasteiger partial charge on any atom is 0.137 e. The summed E-state index contributed by atoms with van der Waals surface area (Å²) in [6.45, 7) is 3.60. The first kappa shape index (κ1) is 15.0.